The molecule has 17 heavy (non-hydrogen) atoms. The maximum atomic E-state index is 10.7. The number of hydrogen-bond donors (Lipinski definition) is 1. The van der Waals surface area contributed by atoms with Gasteiger partial charge < -0.3 is 9.90 Å². The molecular formula is C15H28O2. The largest absolute Gasteiger partial charge is 0.396 e. The van der Waals surface area contributed by atoms with Gasteiger partial charge in [-0.25, -0.2) is 0 Å². The Morgan fingerprint density at radius 1 is 1.12 bits per heavy atom. The van der Waals surface area contributed by atoms with Crippen LogP contribution in [-0.4, -0.2) is 17.5 Å². The number of hydrogen-bond acceptors (Lipinski definition) is 2. The van der Waals surface area contributed by atoms with Gasteiger partial charge in [-0.15, -0.1) is 0 Å². The third-order valence-electron chi connectivity index (χ3n) is 2.99. The van der Waals surface area contributed by atoms with Crippen molar-refractivity contribution in [1.29, 1.82) is 0 Å². The fourth-order valence-electron chi connectivity index (χ4n) is 1.87. The Kier molecular flexibility index (Phi) is 11.4. The van der Waals surface area contributed by atoms with Crippen molar-refractivity contribution in [3.63, 3.8) is 0 Å². The Hall–Kier alpha value is -0.630. The number of Topliss-reactive ketones (excluding diaryl/α,β-unsaturated/α-hetero) is 1. The van der Waals surface area contributed by atoms with E-state index in [0.29, 0.717) is 13.0 Å². The van der Waals surface area contributed by atoms with Gasteiger partial charge in [-0.05, 0) is 51.4 Å². The fourth-order valence-corrected chi connectivity index (χ4v) is 1.87. The van der Waals surface area contributed by atoms with E-state index in [4.69, 9.17) is 5.11 Å². The Morgan fingerprint density at radius 3 is 2.29 bits per heavy atom. The van der Waals surface area contributed by atoms with Crippen molar-refractivity contribution < 1.29 is 9.90 Å². The molecule has 1 atom stereocenters. The van der Waals surface area contributed by atoms with Crippen LogP contribution in [0.3, 0.4) is 0 Å². The maximum absolute atomic E-state index is 10.7. The highest BCUT2D eigenvalue weighted by Crippen LogP contribution is 2.13. The SMILES string of the molecule is CC(=O)CCC/C=C/CCCC(C)CCCO. The van der Waals surface area contributed by atoms with Crippen molar-refractivity contribution in [2.24, 2.45) is 5.92 Å². The van der Waals surface area contributed by atoms with E-state index in [9.17, 15) is 4.79 Å². The number of carbonyl (C=O) groups is 1. The number of aliphatic hydroxyl groups is 1. The van der Waals surface area contributed by atoms with Gasteiger partial charge in [-0.3, -0.25) is 0 Å². The lowest BCUT2D eigenvalue weighted by Gasteiger charge is -2.08. The Balaban J connectivity index is 3.26. The lowest BCUT2D eigenvalue weighted by atomic mass is 9.99. The van der Waals surface area contributed by atoms with Crippen LogP contribution in [0.5, 0.6) is 0 Å². The van der Waals surface area contributed by atoms with Crippen LogP contribution >= 0.6 is 0 Å². The Bertz CT molecular complexity index is 209. The summed E-state index contributed by atoms with van der Waals surface area (Å²) in [5.41, 5.74) is 0. The summed E-state index contributed by atoms with van der Waals surface area (Å²) in [5, 5.41) is 8.71. The maximum Gasteiger partial charge on any atom is 0.129 e. The van der Waals surface area contributed by atoms with Gasteiger partial charge in [0.05, 0.1) is 0 Å². The summed E-state index contributed by atoms with van der Waals surface area (Å²) < 4.78 is 0. The Morgan fingerprint density at radius 2 is 1.71 bits per heavy atom. The van der Waals surface area contributed by atoms with E-state index in [1.54, 1.807) is 6.92 Å². The van der Waals surface area contributed by atoms with E-state index in [1.807, 2.05) is 0 Å². The number of ketones is 1. The van der Waals surface area contributed by atoms with Gasteiger partial charge in [0.25, 0.3) is 0 Å². The minimum absolute atomic E-state index is 0.288. The van der Waals surface area contributed by atoms with Crippen LogP contribution in [0.4, 0.5) is 0 Å². The molecule has 0 fully saturated rings. The highest BCUT2D eigenvalue weighted by molar-refractivity contribution is 5.75. The molecule has 0 saturated heterocycles. The number of aliphatic hydroxyl groups excluding tert-OH is 1. The molecule has 1 unspecified atom stereocenters. The molecule has 0 rings (SSSR count). The molecule has 0 amide bonds. The molecule has 0 saturated carbocycles. The molecule has 100 valence electrons. The molecule has 2 nitrogen and oxygen atoms in total. The molecule has 0 aliphatic heterocycles. The lowest BCUT2D eigenvalue weighted by molar-refractivity contribution is -0.117. The molecule has 1 N–H and O–H groups in total. The van der Waals surface area contributed by atoms with Crippen LogP contribution in [0, 0.1) is 5.92 Å². The van der Waals surface area contributed by atoms with E-state index in [2.05, 4.69) is 19.1 Å². The molecule has 0 aliphatic rings. The van der Waals surface area contributed by atoms with Crippen LogP contribution in [0.25, 0.3) is 0 Å². The van der Waals surface area contributed by atoms with Gasteiger partial charge in [0.1, 0.15) is 5.78 Å². The van der Waals surface area contributed by atoms with Gasteiger partial charge in [0.2, 0.25) is 0 Å². The second-order valence-electron chi connectivity index (χ2n) is 4.97. The van der Waals surface area contributed by atoms with Crippen molar-refractivity contribution in [1.82, 2.24) is 0 Å². The van der Waals surface area contributed by atoms with Crippen molar-refractivity contribution in [2.75, 3.05) is 6.61 Å². The number of unbranched alkanes of at least 4 members (excludes halogenated alkanes) is 2. The zero-order valence-electron chi connectivity index (χ0n) is 11.5. The molecule has 0 spiro atoms. The van der Waals surface area contributed by atoms with E-state index in [1.165, 1.54) is 12.8 Å². The number of carbonyl (C=O) groups excluding carboxylic acids is 1. The van der Waals surface area contributed by atoms with E-state index in [0.717, 1.165) is 38.0 Å². The predicted octanol–water partition coefficient (Wildman–Crippen LogP) is 3.88. The molecule has 0 aromatic heterocycles. The lowest BCUT2D eigenvalue weighted by Crippen LogP contribution is -1.96. The normalized spacial score (nSPS) is 13.1. The minimum Gasteiger partial charge on any atom is -0.396 e. The van der Waals surface area contributed by atoms with E-state index < -0.39 is 0 Å². The van der Waals surface area contributed by atoms with Gasteiger partial charge in [0, 0.05) is 13.0 Å². The monoisotopic (exact) mass is 240 g/mol. The standard InChI is InChI=1S/C15H28O2/c1-14(11-9-13-16)10-7-5-3-4-6-8-12-15(2)17/h3-4,14,16H,5-13H2,1-2H3/b4-3+. The van der Waals surface area contributed by atoms with Crippen LogP contribution < -0.4 is 0 Å². The predicted molar refractivity (Wildman–Crippen MR) is 73.0 cm³/mol. The fraction of sp³-hybridized carbons (Fsp3) is 0.800. The summed E-state index contributed by atoms with van der Waals surface area (Å²) in [4.78, 5) is 10.7. The summed E-state index contributed by atoms with van der Waals surface area (Å²) in [5.74, 6) is 1.02. The van der Waals surface area contributed by atoms with E-state index >= 15 is 0 Å². The zero-order chi connectivity index (χ0) is 12.9. The molecule has 0 heterocycles. The second-order valence-corrected chi connectivity index (χ2v) is 4.97. The zero-order valence-corrected chi connectivity index (χ0v) is 11.5. The summed E-state index contributed by atoms with van der Waals surface area (Å²) in [6.45, 7) is 4.23. The minimum atomic E-state index is 0.288. The first-order valence-electron chi connectivity index (χ1n) is 6.92. The van der Waals surface area contributed by atoms with Crippen molar-refractivity contribution >= 4 is 5.78 Å². The summed E-state index contributed by atoms with van der Waals surface area (Å²) in [6.07, 6.45) is 12.8. The third kappa shape index (κ3) is 13.3. The first kappa shape index (κ1) is 16.4. The number of allylic oxidation sites excluding steroid dienone is 2. The molecular weight excluding hydrogens is 212 g/mol. The topological polar surface area (TPSA) is 37.3 Å². The van der Waals surface area contributed by atoms with E-state index in [-0.39, 0.29) is 5.78 Å². The summed E-state index contributed by atoms with van der Waals surface area (Å²) in [7, 11) is 0. The van der Waals surface area contributed by atoms with Gasteiger partial charge in [-0.1, -0.05) is 25.5 Å². The summed E-state index contributed by atoms with van der Waals surface area (Å²) in [6, 6.07) is 0. The smallest absolute Gasteiger partial charge is 0.129 e. The van der Waals surface area contributed by atoms with Crippen molar-refractivity contribution in [3.05, 3.63) is 12.2 Å². The van der Waals surface area contributed by atoms with Crippen molar-refractivity contribution in [2.45, 2.75) is 65.2 Å². The van der Waals surface area contributed by atoms with Crippen LogP contribution in [0.15, 0.2) is 12.2 Å². The quantitative estimate of drug-likeness (QED) is 0.439. The molecule has 0 radical (unpaired) electrons. The van der Waals surface area contributed by atoms with Crippen molar-refractivity contribution in [3.8, 4) is 0 Å². The van der Waals surface area contributed by atoms with Gasteiger partial charge in [0.15, 0.2) is 0 Å². The first-order valence-corrected chi connectivity index (χ1v) is 6.92. The van der Waals surface area contributed by atoms with Gasteiger partial charge >= 0.3 is 0 Å². The van der Waals surface area contributed by atoms with Crippen LogP contribution in [0.2, 0.25) is 0 Å². The number of rotatable bonds is 11. The van der Waals surface area contributed by atoms with Gasteiger partial charge in [-0.2, -0.15) is 0 Å². The average Bonchev–Trinajstić information content (AvgIpc) is 2.29. The van der Waals surface area contributed by atoms with Crippen LogP contribution in [0.1, 0.15) is 65.2 Å². The third-order valence-corrected chi connectivity index (χ3v) is 2.99. The average molecular weight is 240 g/mol. The first-order chi connectivity index (χ1) is 8.16. The molecule has 2 heteroatoms. The highest BCUT2D eigenvalue weighted by atomic mass is 16.2. The molecule has 0 aromatic rings. The molecule has 0 aromatic carbocycles. The Labute approximate surface area is 106 Å². The second kappa shape index (κ2) is 11.8. The van der Waals surface area contributed by atoms with Crippen LogP contribution in [-0.2, 0) is 4.79 Å². The summed E-state index contributed by atoms with van der Waals surface area (Å²) >= 11 is 0. The molecule has 0 bridgehead atoms. The molecule has 0 aliphatic carbocycles. The highest BCUT2D eigenvalue weighted by Gasteiger charge is 2.00.